The lowest BCUT2D eigenvalue weighted by atomic mass is 10.2. The third-order valence-electron chi connectivity index (χ3n) is 2.59. The molecule has 0 atom stereocenters. The van der Waals surface area contributed by atoms with E-state index >= 15 is 0 Å². The first kappa shape index (κ1) is 16.5. The molecule has 1 aromatic heterocycles. The van der Waals surface area contributed by atoms with Gasteiger partial charge >= 0.3 is 0 Å². The van der Waals surface area contributed by atoms with Gasteiger partial charge in [-0.25, -0.2) is 0 Å². The quantitative estimate of drug-likeness (QED) is 0.365. The molecule has 0 amide bonds. The zero-order valence-corrected chi connectivity index (χ0v) is 13.8. The normalized spacial score (nSPS) is 10.6. The lowest BCUT2D eigenvalue weighted by Crippen LogP contribution is -2.31. The first-order chi connectivity index (χ1) is 10.6. The zero-order valence-electron chi connectivity index (χ0n) is 11.5. The molecule has 7 heteroatoms. The summed E-state index contributed by atoms with van der Waals surface area (Å²) in [5.41, 5.74) is 3.40. The van der Waals surface area contributed by atoms with Crippen LogP contribution in [0.5, 0.6) is 0 Å². The lowest BCUT2D eigenvalue weighted by Gasteiger charge is -2.02. The summed E-state index contributed by atoms with van der Waals surface area (Å²) in [4.78, 5) is 0. The molecular weight excluding hydrogens is 341 g/mol. The number of nitrogens with zero attached hydrogens (tertiary/aromatic N) is 1. The summed E-state index contributed by atoms with van der Waals surface area (Å²) in [6, 6.07) is 8.77. The summed E-state index contributed by atoms with van der Waals surface area (Å²) < 4.78 is 5.66. The number of halogens is 2. The number of thiocarbonyl (C=S) groups is 1. The molecule has 22 heavy (non-hydrogen) atoms. The minimum atomic E-state index is 0.404. The van der Waals surface area contributed by atoms with Gasteiger partial charge in [-0.2, -0.15) is 5.10 Å². The fraction of sp³-hybridized carbons (Fsp3) is 0.0667. The van der Waals surface area contributed by atoms with Gasteiger partial charge in [0.05, 0.1) is 11.2 Å². The van der Waals surface area contributed by atoms with Crippen molar-refractivity contribution in [1.29, 1.82) is 0 Å². The summed E-state index contributed by atoms with van der Waals surface area (Å²) >= 11 is 17.1. The zero-order chi connectivity index (χ0) is 15.9. The number of hydrogen-bond donors (Lipinski definition) is 2. The Kier molecular flexibility index (Phi) is 6.00. The highest BCUT2D eigenvalue weighted by Crippen LogP contribution is 2.31. The lowest BCUT2D eigenvalue weighted by molar-refractivity contribution is 0.574. The topological polar surface area (TPSA) is 49.6 Å². The van der Waals surface area contributed by atoms with Crippen molar-refractivity contribution in [3.05, 3.63) is 58.8 Å². The molecule has 0 aliphatic heterocycles. The highest BCUT2D eigenvalue weighted by molar-refractivity contribution is 7.80. The SMILES string of the molecule is C=CCNC(=S)N/N=C\c1ccc(-c2cc(Cl)ccc2Cl)o1. The molecule has 114 valence electrons. The largest absolute Gasteiger partial charge is 0.455 e. The van der Waals surface area contributed by atoms with Crippen LogP contribution in [0, 0.1) is 0 Å². The summed E-state index contributed by atoms with van der Waals surface area (Å²) in [7, 11) is 0. The van der Waals surface area contributed by atoms with Crippen molar-refractivity contribution in [2.24, 2.45) is 5.10 Å². The second-order valence-electron chi connectivity index (χ2n) is 4.19. The van der Waals surface area contributed by atoms with Gasteiger partial charge in [0.25, 0.3) is 0 Å². The van der Waals surface area contributed by atoms with Crippen LogP contribution < -0.4 is 10.7 Å². The first-order valence-corrected chi connectivity index (χ1v) is 7.49. The van der Waals surface area contributed by atoms with E-state index in [0.717, 1.165) is 5.56 Å². The number of hydrazone groups is 1. The standard InChI is InChI=1S/C15H13Cl2N3OS/c1-2-7-18-15(22)20-19-9-11-4-6-14(21-11)12-8-10(16)3-5-13(12)17/h2-6,8-9H,1,7H2,(H2,18,20,22)/b19-9-. The van der Waals surface area contributed by atoms with Gasteiger partial charge in [0.1, 0.15) is 11.5 Å². The molecule has 2 rings (SSSR count). The fourth-order valence-electron chi connectivity index (χ4n) is 1.61. The van der Waals surface area contributed by atoms with Gasteiger partial charge in [-0.15, -0.1) is 6.58 Å². The van der Waals surface area contributed by atoms with Gasteiger partial charge in [-0.1, -0.05) is 29.3 Å². The van der Waals surface area contributed by atoms with E-state index in [9.17, 15) is 0 Å². The minimum absolute atomic E-state index is 0.404. The van der Waals surface area contributed by atoms with Gasteiger partial charge in [-0.05, 0) is 42.5 Å². The number of benzene rings is 1. The smallest absolute Gasteiger partial charge is 0.187 e. The summed E-state index contributed by atoms with van der Waals surface area (Å²) in [6.07, 6.45) is 3.22. The molecule has 2 N–H and O–H groups in total. The van der Waals surface area contributed by atoms with Crippen molar-refractivity contribution in [2.75, 3.05) is 6.54 Å². The Morgan fingerprint density at radius 2 is 2.14 bits per heavy atom. The van der Waals surface area contributed by atoms with Crippen LogP contribution in [0.25, 0.3) is 11.3 Å². The number of nitrogens with one attached hydrogen (secondary N) is 2. The third kappa shape index (κ3) is 4.59. The molecule has 2 aromatic rings. The van der Waals surface area contributed by atoms with E-state index in [4.69, 9.17) is 39.8 Å². The average molecular weight is 354 g/mol. The maximum absolute atomic E-state index is 6.14. The molecule has 0 saturated heterocycles. The second-order valence-corrected chi connectivity index (χ2v) is 5.45. The summed E-state index contributed by atoms with van der Waals surface area (Å²) in [6.45, 7) is 4.15. The molecule has 4 nitrogen and oxygen atoms in total. The van der Waals surface area contributed by atoms with Crippen LogP contribution in [0.1, 0.15) is 5.76 Å². The van der Waals surface area contributed by atoms with Crippen molar-refractivity contribution < 1.29 is 4.42 Å². The number of rotatable bonds is 5. The Bertz CT molecular complexity index is 713. The first-order valence-electron chi connectivity index (χ1n) is 6.33. The highest BCUT2D eigenvalue weighted by atomic mass is 35.5. The Morgan fingerprint density at radius 3 is 2.91 bits per heavy atom. The summed E-state index contributed by atoms with van der Waals surface area (Å²) in [5.74, 6) is 1.17. The minimum Gasteiger partial charge on any atom is -0.455 e. The Morgan fingerprint density at radius 1 is 1.32 bits per heavy atom. The Balaban J connectivity index is 2.04. The summed E-state index contributed by atoms with van der Waals surface area (Å²) in [5, 5.41) is 8.42. The van der Waals surface area contributed by atoms with Crippen molar-refractivity contribution >= 4 is 46.7 Å². The molecule has 0 aliphatic carbocycles. The predicted molar refractivity (Wildman–Crippen MR) is 95.7 cm³/mol. The van der Waals surface area contributed by atoms with Crippen molar-refractivity contribution in [3.8, 4) is 11.3 Å². The van der Waals surface area contributed by atoms with Crippen LogP contribution in [-0.4, -0.2) is 17.9 Å². The second kappa shape index (κ2) is 7.98. The average Bonchev–Trinajstić information content (AvgIpc) is 2.96. The maximum Gasteiger partial charge on any atom is 0.187 e. The number of furan rings is 1. The fourth-order valence-corrected chi connectivity index (χ4v) is 2.13. The Labute approximate surface area is 143 Å². The number of hydrogen-bond acceptors (Lipinski definition) is 3. The van der Waals surface area contributed by atoms with E-state index < -0.39 is 0 Å². The molecule has 0 aliphatic rings. The van der Waals surface area contributed by atoms with Crippen LogP contribution >= 0.6 is 35.4 Å². The van der Waals surface area contributed by atoms with Crippen LogP contribution in [0.15, 0.2) is 52.5 Å². The maximum atomic E-state index is 6.14. The molecule has 0 saturated carbocycles. The van der Waals surface area contributed by atoms with E-state index in [1.165, 1.54) is 6.21 Å². The van der Waals surface area contributed by atoms with Crippen LogP contribution in [0.4, 0.5) is 0 Å². The van der Waals surface area contributed by atoms with Gasteiger partial charge < -0.3 is 9.73 Å². The van der Waals surface area contributed by atoms with E-state index in [1.807, 2.05) is 0 Å². The van der Waals surface area contributed by atoms with E-state index in [-0.39, 0.29) is 0 Å². The molecule has 1 aromatic carbocycles. The van der Waals surface area contributed by atoms with Gasteiger partial charge in [-0.3, -0.25) is 5.43 Å². The van der Waals surface area contributed by atoms with Crippen molar-refractivity contribution in [2.45, 2.75) is 0 Å². The van der Waals surface area contributed by atoms with Gasteiger partial charge in [0, 0.05) is 17.1 Å². The van der Waals surface area contributed by atoms with Gasteiger partial charge in [0.2, 0.25) is 0 Å². The monoisotopic (exact) mass is 353 g/mol. The molecule has 1 heterocycles. The van der Waals surface area contributed by atoms with Gasteiger partial charge in [0.15, 0.2) is 5.11 Å². The Hall–Kier alpha value is -1.82. The van der Waals surface area contributed by atoms with Crippen LogP contribution in [0.2, 0.25) is 10.0 Å². The van der Waals surface area contributed by atoms with Crippen LogP contribution in [0.3, 0.4) is 0 Å². The molecule has 0 fully saturated rings. The van der Waals surface area contributed by atoms with E-state index in [2.05, 4.69) is 22.4 Å². The molecule has 0 bridgehead atoms. The molecular formula is C15H13Cl2N3OS. The highest BCUT2D eigenvalue weighted by Gasteiger charge is 2.08. The van der Waals surface area contributed by atoms with Crippen molar-refractivity contribution in [1.82, 2.24) is 10.7 Å². The third-order valence-corrected chi connectivity index (χ3v) is 3.39. The molecule has 0 radical (unpaired) electrons. The molecule has 0 spiro atoms. The van der Waals surface area contributed by atoms with E-state index in [0.29, 0.717) is 33.2 Å². The van der Waals surface area contributed by atoms with Crippen molar-refractivity contribution in [3.63, 3.8) is 0 Å². The van der Waals surface area contributed by atoms with E-state index in [1.54, 1.807) is 36.4 Å². The molecule has 0 unspecified atom stereocenters. The predicted octanol–water partition coefficient (Wildman–Crippen LogP) is 4.24. The van der Waals surface area contributed by atoms with Crippen LogP contribution in [-0.2, 0) is 0 Å².